The van der Waals surface area contributed by atoms with E-state index in [2.05, 4.69) is 4.98 Å². The molecule has 0 spiro atoms. The Morgan fingerprint density at radius 3 is 3.00 bits per heavy atom. The summed E-state index contributed by atoms with van der Waals surface area (Å²) in [5, 5.41) is 2.46. The Kier molecular flexibility index (Phi) is 2.16. The van der Waals surface area contributed by atoms with Crippen LogP contribution in [0, 0.1) is 6.92 Å². The highest BCUT2D eigenvalue weighted by Gasteiger charge is 2.12. The number of methoxy groups -OCH3 is 1. The van der Waals surface area contributed by atoms with Gasteiger partial charge in [-0.1, -0.05) is 6.07 Å². The zero-order chi connectivity index (χ0) is 12.0. The number of hydrogen-bond acceptors (Lipinski definition) is 4. The minimum atomic E-state index is -0.0683. The number of fused-ring (bicyclic) bond motifs is 2. The fraction of sp³-hybridized carbons (Fsp3) is 0.167. The summed E-state index contributed by atoms with van der Waals surface area (Å²) >= 11 is 1.47. The van der Waals surface area contributed by atoms with Crippen molar-refractivity contribution in [2.45, 2.75) is 6.92 Å². The van der Waals surface area contributed by atoms with E-state index in [9.17, 15) is 4.79 Å². The molecular weight excluding hydrogens is 236 g/mol. The molecule has 3 aromatic rings. The first-order valence-electron chi connectivity index (χ1n) is 5.16. The Morgan fingerprint density at radius 2 is 2.24 bits per heavy atom. The summed E-state index contributed by atoms with van der Waals surface area (Å²) in [5.74, 6) is 0.569. The fourth-order valence-electron chi connectivity index (χ4n) is 1.93. The van der Waals surface area contributed by atoms with Crippen LogP contribution in [0.1, 0.15) is 5.69 Å². The van der Waals surface area contributed by atoms with Gasteiger partial charge in [-0.3, -0.25) is 9.20 Å². The maximum atomic E-state index is 12.4. The normalized spacial score (nSPS) is 11.2. The summed E-state index contributed by atoms with van der Waals surface area (Å²) in [6, 6.07) is 5.44. The van der Waals surface area contributed by atoms with Gasteiger partial charge in [-0.15, -0.1) is 11.3 Å². The average Bonchev–Trinajstić information content (AvgIpc) is 2.70. The van der Waals surface area contributed by atoms with E-state index in [0.29, 0.717) is 21.6 Å². The quantitative estimate of drug-likeness (QED) is 0.661. The fourth-order valence-corrected chi connectivity index (χ4v) is 2.80. The molecule has 0 aliphatic carbocycles. The molecule has 17 heavy (non-hydrogen) atoms. The second-order valence-corrected chi connectivity index (χ2v) is 4.60. The van der Waals surface area contributed by atoms with Gasteiger partial charge in [0.2, 0.25) is 0 Å². The molecule has 1 aromatic carbocycles. The zero-order valence-electron chi connectivity index (χ0n) is 9.43. The summed E-state index contributed by atoms with van der Waals surface area (Å²) in [7, 11) is 1.56. The van der Waals surface area contributed by atoms with Gasteiger partial charge in [-0.25, -0.2) is 4.98 Å². The molecule has 0 aliphatic heterocycles. The van der Waals surface area contributed by atoms with Crippen molar-refractivity contribution in [1.82, 2.24) is 9.38 Å². The monoisotopic (exact) mass is 246 g/mol. The Labute approximate surface area is 101 Å². The largest absolute Gasteiger partial charge is 0.496 e. The van der Waals surface area contributed by atoms with Gasteiger partial charge in [-0.05, 0) is 19.1 Å². The second kappa shape index (κ2) is 3.56. The average molecular weight is 246 g/mol. The van der Waals surface area contributed by atoms with Gasteiger partial charge >= 0.3 is 0 Å². The van der Waals surface area contributed by atoms with Crippen molar-refractivity contribution < 1.29 is 4.74 Å². The summed E-state index contributed by atoms with van der Waals surface area (Å²) < 4.78 is 6.84. The van der Waals surface area contributed by atoms with Crippen molar-refractivity contribution in [3.05, 3.63) is 39.6 Å². The Balaban J connectivity index is 2.63. The molecule has 0 fully saturated rings. The molecule has 0 amide bonds. The molecule has 3 rings (SSSR count). The Hall–Kier alpha value is -1.88. The van der Waals surface area contributed by atoms with Gasteiger partial charge in [0.05, 0.1) is 12.6 Å². The zero-order valence-corrected chi connectivity index (χ0v) is 10.2. The van der Waals surface area contributed by atoms with Gasteiger partial charge in [0, 0.05) is 11.1 Å². The van der Waals surface area contributed by atoms with Crippen LogP contribution in [0.4, 0.5) is 0 Å². The summed E-state index contributed by atoms with van der Waals surface area (Å²) in [6.07, 6.45) is 0. The van der Waals surface area contributed by atoms with E-state index >= 15 is 0 Å². The number of hydrogen-bond donors (Lipinski definition) is 0. The molecule has 0 bridgehead atoms. The maximum Gasteiger partial charge on any atom is 0.270 e. The number of benzene rings is 1. The molecule has 0 aliphatic rings. The minimum Gasteiger partial charge on any atom is -0.496 e. The van der Waals surface area contributed by atoms with Crippen LogP contribution in [0.3, 0.4) is 0 Å². The first-order chi connectivity index (χ1) is 8.22. The van der Waals surface area contributed by atoms with Gasteiger partial charge in [0.1, 0.15) is 11.1 Å². The lowest BCUT2D eigenvalue weighted by Gasteiger charge is -2.04. The van der Waals surface area contributed by atoms with Crippen molar-refractivity contribution in [3.8, 4) is 5.75 Å². The molecule has 0 N–H and O–H groups in total. The van der Waals surface area contributed by atoms with Crippen LogP contribution in [-0.2, 0) is 0 Å². The number of aryl methyl sites for hydroxylation is 1. The van der Waals surface area contributed by atoms with Gasteiger partial charge in [0.15, 0.2) is 4.96 Å². The van der Waals surface area contributed by atoms with Gasteiger partial charge < -0.3 is 4.74 Å². The lowest BCUT2D eigenvalue weighted by Crippen LogP contribution is -2.15. The standard InChI is InChI=1S/C12H10N2O2S/c1-7-6-17-12-13-8-4-3-5-9(16-2)10(8)11(15)14(7)12/h3-6H,1-2H3. The van der Waals surface area contributed by atoms with Crippen LogP contribution in [0.2, 0.25) is 0 Å². The van der Waals surface area contributed by atoms with Crippen molar-refractivity contribution in [3.63, 3.8) is 0 Å². The third kappa shape index (κ3) is 1.36. The van der Waals surface area contributed by atoms with Crippen molar-refractivity contribution in [2.24, 2.45) is 0 Å². The van der Waals surface area contributed by atoms with Crippen LogP contribution in [0.25, 0.3) is 15.9 Å². The highest BCUT2D eigenvalue weighted by atomic mass is 32.1. The highest BCUT2D eigenvalue weighted by molar-refractivity contribution is 7.15. The Morgan fingerprint density at radius 1 is 1.41 bits per heavy atom. The number of ether oxygens (including phenoxy) is 1. The first kappa shape index (κ1) is 10.3. The molecule has 5 heteroatoms. The maximum absolute atomic E-state index is 12.4. The minimum absolute atomic E-state index is 0.0683. The lowest BCUT2D eigenvalue weighted by molar-refractivity contribution is 0.419. The molecule has 0 radical (unpaired) electrons. The van der Waals surface area contributed by atoms with Crippen molar-refractivity contribution in [2.75, 3.05) is 7.11 Å². The molecule has 0 unspecified atom stereocenters. The van der Waals surface area contributed by atoms with Crippen LogP contribution >= 0.6 is 11.3 Å². The summed E-state index contributed by atoms with van der Waals surface area (Å²) in [5.41, 5.74) is 1.51. The van der Waals surface area contributed by atoms with E-state index in [4.69, 9.17) is 4.74 Å². The number of thiazole rings is 1. The SMILES string of the molecule is COc1cccc2nc3scc(C)n3c(=O)c12. The van der Waals surface area contributed by atoms with Crippen LogP contribution in [0.5, 0.6) is 5.75 Å². The lowest BCUT2D eigenvalue weighted by atomic mass is 10.2. The van der Waals surface area contributed by atoms with E-state index in [1.807, 2.05) is 24.4 Å². The molecule has 4 nitrogen and oxygen atoms in total. The predicted octanol–water partition coefficient (Wildman–Crippen LogP) is 2.23. The number of rotatable bonds is 1. The topological polar surface area (TPSA) is 43.6 Å². The van der Waals surface area contributed by atoms with Crippen LogP contribution in [-0.4, -0.2) is 16.5 Å². The highest BCUT2D eigenvalue weighted by Crippen LogP contribution is 2.22. The van der Waals surface area contributed by atoms with E-state index in [1.165, 1.54) is 11.3 Å². The van der Waals surface area contributed by atoms with Crippen LogP contribution in [0.15, 0.2) is 28.4 Å². The van der Waals surface area contributed by atoms with Crippen LogP contribution < -0.4 is 10.3 Å². The molecule has 0 atom stereocenters. The molecule has 2 heterocycles. The second-order valence-electron chi connectivity index (χ2n) is 3.77. The molecule has 86 valence electrons. The van der Waals surface area contributed by atoms with E-state index < -0.39 is 0 Å². The first-order valence-corrected chi connectivity index (χ1v) is 6.04. The molecule has 2 aromatic heterocycles. The van der Waals surface area contributed by atoms with Gasteiger partial charge in [-0.2, -0.15) is 0 Å². The number of aromatic nitrogens is 2. The van der Waals surface area contributed by atoms with E-state index in [-0.39, 0.29) is 5.56 Å². The summed E-state index contributed by atoms with van der Waals surface area (Å²) in [4.78, 5) is 17.6. The van der Waals surface area contributed by atoms with Crippen molar-refractivity contribution >= 4 is 27.2 Å². The molecule has 0 saturated carbocycles. The number of nitrogens with zero attached hydrogens (tertiary/aromatic N) is 2. The third-order valence-electron chi connectivity index (χ3n) is 2.74. The third-order valence-corrected chi connectivity index (χ3v) is 3.68. The van der Waals surface area contributed by atoms with Crippen molar-refractivity contribution in [1.29, 1.82) is 0 Å². The predicted molar refractivity (Wildman–Crippen MR) is 68.1 cm³/mol. The van der Waals surface area contributed by atoms with Gasteiger partial charge in [0.25, 0.3) is 5.56 Å². The molecule has 0 saturated heterocycles. The Bertz CT molecular complexity index is 773. The van der Waals surface area contributed by atoms with E-state index in [0.717, 1.165) is 5.69 Å². The molecular formula is C12H10N2O2S. The van der Waals surface area contributed by atoms with E-state index in [1.54, 1.807) is 17.6 Å². The summed E-state index contributed by atoms with van der Waals surface area (Å²) in [6.45, 7) is 1.90. The smallest absolute Gasteiger partial charge is 0.270 e.